The van der Waals surface area contributed by atoms with Crippen LogP contribution in [0.4, 0.5) is 0 Å². The first kappa shape index (κ1) is 17.2. The van der Waals surface area contributed by atoms with Gasteiger partial charge in [-0.3, -0.25) is 14.4 Å². The van der Waals surface area contributed by atoms with Crippen molar-refractivity contribution in [1.82, 2.24) is 4.90 Å². The molecule has 1 aromatic carbocycles. The molecule has 1 atom stereocenters. The van der Waals surface area contributed by atoms with Crippen molar-refractivity contribution >= 4 is 17.7 Å². The molecule has 0 aliphatic carbocycles. The summed E-state index contributed by atoms with van der Waals surface area (Å²) in [6, 6.07) is 8.23. The summed E-state index contributed by atoms with van der Waals surface area (Å²) < 4.78 is 4.62. The highest BCUT2D eigenvalue weighted by Crippen LogP contribution is 2.17. The van der Waals surface area contributed by atoms with Gasteiger partial charge in [0.15, 0.2) is 5.78 Å². The van der Waals surface area contributed by atoms with Crippen LogP contribution >= 0.6 is 0 Å². The van der Waals surface area contributed by atoms with E-state index in [2.05, 4.69) is 23.8 Å². The molecule has 23 heavy (non-hydrogen) atoms. The van der Waals surface area contributed by atoms with E-state index < -0.39 is 11.9 Å². The van der Waals surface area contributed by atoms with E-state index in [0.29, 0.717) is 25.8 Å². The number of esters is 1. The number of amides is 1. The second kappa shape index (κ2) is 7.90. The van der Waals surface area contributed by atoms with Gasteiger partial charge < -0.3 is 9.64 Å². The van der Waals surface area contributed by atoms with Crippen LogP contribution in [0.1, 0.15) is 30.9 Å². The van der Waals surface area contributed by atoms with Gasteiger partial charge in [0.25, 0.3) is 0 Å². The molecule has 1 aliphatic heterocycles. The van der Waals surface area contributed by atoms with Gasteiger partial charge in [-0.1, -0.05) is 31.2 Å². The average molecular weight is 317 g/mol. The van der Waals surface area contributed by atoms with Crippen molar-refractivity contribution in [2.24, 2.45) is 5.92 Å². The summed E-state index contributed by atoms with van der Waals surface area (Å²) in [5.41, 5.74) is 2.39. The Morgan fingerprint density at radius 1 is 1.22 bits per heavy atom. The van der Waals surface area contributed by atoms with Gasteiger partial charge in [0, 0.05) is 13.0 Å². The molecular weight excluding hydrogens is 294 g/mol. The summed E-state index contributed by atoms with van der Waals surface area (Å²) >= 11 is 0. The Morgan fingerprint density at radius 3 is 2.43 bits per heavy atom. The first-order chi connectivity index (χ1) is 11.0. The van der Waals surface area contributed by atoms with Crippen molar-refractivity contribution in [2.75, 3.05) is 20.2 Å². The van der Waals surface area contributed by atoms with Crippen molar-refractivity contribution in [1.29, 1.82) is 0 Å². The van der Waals surface area contributed by atoms with Crippen LogP contribution in [0.5, 0.6) is 0 Å². The molecule has 124 valence electrons. The number of hydrogen-bond acceptors (Lipinski definition) is 4. The van der Waals surface area contributed by atoms with Crippen molar-refractivity contribution in [3.63, 3.8) is 0 Å². The summed E-state index contributed by atoms with van der Waals surface area (Å²) in [5, 5.41) is 0. The summed E-state index contributed by atoms with van der Waals surface area (Å²) in [7, 11) is 1.27. The molecule has 1 saturated heterocycles. The summed E-state index contributed by atoms with van der Waals surface area (Å²) in [4.78, 5) is 37.2. The van der Waals surface area contributed by atoms with E-state index in [0.717, 1.165) is 12.0 Å². The van der Waals surface area contributed by atoms with Crippen LogP contribution in [0, 0.1) is 5.92 Å². The Hall–Kier alpha value is -2.17. The zero-order valence-electron chi connectivity index (χ0n) is 13.7. The lowest BCUT2D eigenvalue weighted by Crippen LogP contribution is -2.46. The molecule has 1 fully saturated rings. The van der Waals surface area contributed by atoms with E-state index in [-0.39, 0.29) is 18.2 Å². The van der Waals surface area contributed by atoms with E-state index in [1.807, 2.05) is 12.1 Å². The Labute approximate surface area is 136 Å². The highest BCUT2D eigenvalue weighted by Gasteiger charge is 2.34. The van der Waals surface area contributed by atoms with Crippen LogP contribution in [0.25, 0.3) is 0 Å². The van der Waals surface area contributed by atoms with Crippen molar-refractivity contribution in [2.45, 2.75) is 32.6 Å². The largest absolute Gasteiger partial charge is 0.468 e. The second-order valence-corrected chi connectivity index (χ2v) is 5.82. The molecule has 0 aromatic heterocycles. The van der Waals surface area contributed by atoms with Gasteiger partial charge in [-0.2, -0.15) is 0 Å². The van der Waals surface area contributed by atoms with E-state index in [9.17, 15) is 14.4 Å². The number of benzene rings is 1. The predicted molar refractivity (Wildman–Crippen MR) is 85.9 cm³/mol. The Kier molecular flexibility index (Phi) is 5.90. The first-order valence-electron chi connectivity index (χ1n) is 8.01. The van der Waals surface area contributed by atoms with Crippen LogP contribution in [0.3, 0.4) is 0 Å². The molecule has 0 radical (unpaired) electrons. The van der Waals surface area contributed by atoms with Gasteiger partial charge in [-0.15, -0.1) is 0 Å². The topological polar surface area (TPSA) is 63.7 Å². The van der Waals surface area contributed by atoms with Gasteiger partial charge in [0.05, 0.1) is 13.7 Å². The van der Waals surface area contributed by atoms with Crippen molar-refractivity contribution < 1.29 is 19.1 Å². The molecule has 0 spiro atoms. The molecule has 2 rings (SSSR count). The third-order valence-electron chi connectivity index (χ3n) is 4.32. The van der Waals surface area contributed by atoms with Gasteiger partial charge in [-0.25, -0.2) is 0 Å². The average Bonchev–Trinajstić information content (AvgIpc) is 2.59. The van der Waals surface area contributed by atoms with E-state index in [1.54, 1.807) is 4.90 Å². The van der Waals surface area contributed by atoms with Gasteiger partial charge in [0.1, 0.15) is 5.92 Å². The minimum Gasteiger partial charge on any atom is -0.468 e. The van der Waals surface area contributed by atoms with Gasteiger partial charge in [0.2, 0.25) is 5.91 Å². The number of piperidine rings is 1. The number of ketones is 1. The number of carbonyl (C=O) groups excluding carboxylic acids is 3. The zero-order valence-corrected chi connectivity index (χ0v) is 13.7. The molecule has 1 aliphatic rings. The summed E-state index contributed by atoms with van der Waals surface area (Å²) in [5.74, 6) is -1.49. The van der Waals surface area contributed by atoms with E-state index in [4.69, 9.17) is 0 Å². The maximum absolute atomic E-state index is 12.2. The fraction of sp³-hybridized carbons (Fsp3) is 0.500. The summed E-state index contributed by atoms with van der Waals surface area (Å²) in [6.45, 7) is 2.54. The highest BCUT2D eigenvalue weighted by molar-refractivity contribution is 6.01. The summed E-state index contributed by atoms with van der Waals surface area (Å²) in [6.07, 6.45) is 2.38. The number of aryl methyl sites for hydroxylation is 2. The van der Waals surface area contributed by atoms with Crippen LogP contribution in [0.15, 0.2) is 24.3 Å². The Balaban J connectivity index is 1.84. The quantitative estimate of drug-likeness (QED) is 0.613. The minimum absolute atomic E-state index is 0.00731. The fourth-order valence-corrected chi connectivity index (χ4v) is 2.78. The minimum atomic E-state index is -0.717. The Morgan fingerprint density at radius 2 is 1.87 bits per heavy atom. The lowest BCUT2D eigenvalue weighted by atomic mass is 9.95. The van der Waals surface area contributed by atoms with E-state index >= 15 is 0 Å². The monoisotopic (exact) mass is 317 g/mol. The lowest BCUT2D eigenvalue weighted by Gasteiger charge is -2.29. The molecule has 5 nitrogen and oxygen atoms in total. The van der Waals surface area contributed by atoms with Crippen LogP contribution in [-0.2, 0) is 32.0 Å². The number of ether oxygens (including phenoxy) is 1. The van der Waals surface area contributed by atoms with Crippen LogP contribution in [-0.4, -0.2) is 42.8 Å². The maximum Gasteiger partial charge on any atom is 0.316 e. The maximum atomic E-state index is 12.2. The number of rotatable bonds is 5. The van der Waals surface area contributed by atoms with Crippen molar-refractivity contribution in [3.8, 4) is 0 Å². The lowest BCUT2D eigenvalue weighted by molar-refractivity contribution is -0.154. The van der Waals surface area contributed by atoms with Crippen molar-refractivity contribution in [3.05, 3.63) is 35.4 Å². The second-order valence-electron chi connectivity index (χ2n) is 5.82. The number of methoxy groups -OCH3 is 1. The van der Waals surface area contributed by atoms with Gasteiger partial charge >= 0.3 is 5.97 Å². The molecule has 1 amide bonds. The molecule has 5 heteroatoms. The number of hydrogen-bond donors (Lipinski definition) is 0. The van der Waals surface area contributed by atoms with Crippen LogP contribution in [0.2, 0.25) is 0 Å². The number of nitrogens with zero attached hydrogens (tertiary/aromatic N) is 1. The Bertz CT molecular complexity index is 579. The number of likely N-dealkylation sites (tertiary alicyclic amines) is 1. The standard InChI is InChI=1S/C18H23NO4/c1-3-13-4-6-14(7-5-13)8-9-17(21)19-11-10-15(16(20)12-19)18(22)23-2/h4-7,15H,3,8-12H2,1-2H3. The number of carbonyl (C=O) groups is 3. The third kappa shape index (κ3) is 4.41. The SMILES string of the molecule is CCc1ccc(CCC(=O)N2CCC(C(=O)OC)C(=O)C2)cc1. The molecule has 1 unspecified atom stereocenters. The molecule has 0 N–H and O–H groups in total. The third-order valence-corrected chi connectivity index (χ3v) is 4.32. The number of Topliss-reactive ketones (excluding diaryl/α,β-unsaturated/α-hetero) is 1. The van der Waals surface area contributed by atoms with E-state index in [1.165, 1.54) is 12.7 Å². The predicted octanol–water partition coefficient (Wildman–Crippen LogP) is 1.77. The smallest absolute Gasteiger partial charge is 0.316 e. The molecular formula is C18H23NO4. The zero-order chi connectivity index (χ0) is 16.8. The molecule has 1 heterocycles. The molecule has 0 saturated carbocycles. The normalized spacial score (nSPS) is 17.9. The van der Waals surface area contributed by atoms with Crippen LogP contribution < -0.4 is 0 Å². The first-order valence-corrected chi connectivity index (χ1v) is 8.01. The van der Waals surface area contributed by atoms with Gasteiger partial charge in [-0.05, 0) is 30.4 Å². The fourth-order valence-electron chi connectivity index (χ4n) is 2.78. The molecule has 0 bridgehead atoms. The molecule has 1 aromatic rings. The highest BCUT2D eigenvalue weighted by atomic mass is 16.5.